The van der Waals surface area contributed by atoms with Crippen LogP contribution in [0.25, 0.3) is 10.9 Å². The Morgan fingerprint density at radius 3 is 2.38 bits per heavy atom. The number of rotatable bonds is 16. The number of carboxylic acids is 1. The minimum absolute atomic E-state index is 0.0530. The van der Waals surface area contributed by atoms with E-state index in [1.165, 1.54) is 0 Å². The maximum absolute atomic E-state index is 13.5. The molecule has 1 aliphatic rings. The largest absolute Gasteiger partial charge is 0.480 e. The average Bonchev–Trinajstić information content (AvgIpc) is 3.60. The van der Waals surface area contributed by atoms with Gasteiger partial charge in [0.2, 0.25) is 23.6 Å². The molecule has 13 heteroatoms. The minimum Gasteiger partial charge on any atom is -0.480 e. The van der Waals surface area contributed by atoms with Gasteiger partial charge in [-0.25, -0.2) is 4.79 Å². The quantitative estimate of drug-likeness (QED) is 0.124. The van der Waals surface area contributed by atoms with Crippen LogP contribution in [-0.4, -0.2) is 76.9 Å². The number of amides is 4. The average molecular weight is 558 g/mol. The fourth-order valence-electron chi connectivity index (χ4n) is 4.76. The predicted octanol–water partition coefficient (Wildman–Crippen LogP) is -0.604. The number of hydrogen-bond acceptors (Lipinski definition) is 7. The van der Waals surface area contributed by atoms with Gasteiger partial charge >= 0.3 is 5.97 Å². The lowest BCUT2D eigenvalue weighted by Gasteiger charge is -2.25. The van der Waals surface area contributed by atoms with Gasteiger partial charge in [0, 0.05) is 29.9 Å². The molecule has 2 heterocycles. The van der Waals surface area contributed by atoms with Gasteiger partial charge in [-0.2, -0.15) is 0 Å². The number of fused-ring (bicyclic) bond motifs is 1. The van der Waals surface area contributed by atoms with Crippen LogP contribution in [0.3, 0.4) is 0 Å². The number of aromatic nitrogens is 1. The first-order valence-electron chi connectivity index (χ1n) is 13.6. The van der Waals surface area contributed by atoms with Crippen molar-refractivity contribution in [3.8, 4) is 0 Å². The summed E-state index contributed by atoms with van der Waals surface area (Å²) >= 11 is 0. The van der Waals surface area contributed by atoms with Crippen molar-refractivity contribution < 1.29 is 29.1 Å². The Morgan fingerprint density at radius 1 is 0.975 bits per heavy atom. The Balaban J connectivity index is 1.81. The Hall–Kier alpha value is -3.97. The number of nitrogens with two attached hydrogens (primary N) is 2. The summed E-state index contributed by atoms with van der Waals surface area (Å²) in [5.74, 6) is -3.62. The number of hydrogen-bond donors (Lipinski definition) is 8. The zero-order valence-electron chi connectivity index (χ0n) is 22.4. The number of unbranched alkanes of at least 4 members (excludes halogenated alkanes) is 1. The third kappa shape index (κ3) is 8.78. The molecule has 13 nitrogen and oxygen atoms in total. The zero-order valence-corrected chi connectivity index (χ0v) is 22.4. The van der Waals surface area contributed by atoms with Crippen LogP contribution in [0.5, 0.6) is 0 Å². The van der Waals surface area contributed by atoms with E-state index in [4.69, 9.17) is 11.5 Å². The molecule has 4 unspecified atom stereocenters. The van der Waals surface area contributed by atoms with Gasteiger partial charge < -0.3 is 42.8 Å². The highest BCUT2D eigenvalue weighted by atomic mass is 16.4. The molecule has 1 aliphatic heterocycles. The van der Waals surface area contributed by atoms with Crippen molar-refractivity contribution in [3.63, 3.8) is 0 Å². The van der Waals surface area contributed by atoms with Crippen LogP contribution in [0.4, 0.5) is 0 Å². The number of nitrogens with one attached hydrogen (secondary N) is 5. The lowest BCUT2D eigenvalue weighted by molar-refractivity contribution is -0.142. The third-order valence-corrected chi connectivity index (χ3v) is 6.98. The molecule has 0 saturated carbocycles. The van der Waals surface area contributed by atoms with Gasteiger partial charge in [-0.3, -0.25) is 19.2 Å². The molecule has 2 aromatic rings. The predicted molar refractivity (Wildman–Crippen MR) is 148 cm³/mol. The van der Waals surface area contributed by atoms with E-state index >= 15 is 0 Å². The lowest BCUT2D eigenvalue weighted by Crippen LogP contribution is -2.57. The summed E-state index contributed by atoms with van der Waals surface area (Å²) in [6, 6.07) is 3.60. The molecule has 0 aliphatic carbocycles. The van der Waals surface area contributed by atoms with Gasteiger partial charge in [0.1, 0.15) is 18.1 Å². The maximum Gasteiger partial charge on any atom is 0.326 e. The number of benzene rings is 1. The summed E-state index contributed by atoms with van der Waals surface area (Å²) in [5.41, 5.74) is 12.3. The van der Waals surface area contributed by atoms with Crippen molar-refractivity contribution >= 4 is 40.5 Å². The number of carboxylic acid groups (broad SMARTS) is 1. The van der Waals surface area contributed by atoms with E-state index in [2.05, 4.69) is 26.3 Å². The smallest absolute Gasteiger partial charge is 0.326 e. The molecule has 0 bridgehead atoms. The first kappa shape index (κ1) is 30.6. The summed E-state index contributed by atoms with van der Waals surface area (Å²) in [7, 11) is 0. The molecule has 1 saturated heterocycles. The second kappa shape index (κ2) is 15.0. The van der Waals surface area contributed by atoms with Gasteiger partial charge in [0.15, 0.2) is 0 Å². The number of carbonyl (C=O) groups excluding carboxylic acids is 4. The van der Waals surface area contributed by atoms with Crippen LogP contribution in [0.2, 0.25) is 0 Å². The highest BCUT2D eigenvalue weighted by molar-refractivity contribution is 5.95. The standard InChI is InChI=1S/C27H39N7O6/c28-12-4-3-8-20(32-24(36)19-9-5-13-30-19)25(37)34-22(14-16-15-31-18-7-2-1-6-17(16)18)26(38)33-21(27(39)40)10-11-23(29)35/h1-2,6-7,15,19-22,30-31H,3-5,8-14,28H2,(H2,29,35)(H,32,36)(H,33,38)(H,34,37)(H,39,40). The van der Waals surface area contributed by atoms with Crippen molar-refractivity contribution in [2.24, 2.45) is 11.5 Å². The number of aromatic amines is 1. The van der Waals surface area contributed by atoms with E-state index < -0.39 is 47.9 Å². The fraction of sp³-hybridized carbons (Fsp3) is 0.519. The van der Waals surface area contributed by atoms with E-state index in [1.807, 2.05) is 24.3 Å². The molecule has 1 aromatic carbocycles. The van der Waals surface area contributed by atoms with Gasteiger partial charge in [-0.05, 0) is 63.2 Å². The van der Waals surface area contributed by atoms with Gasteiger partial charge in [-0.15, -0.1) is 0 Å². The molecule has 0 radical (unpaired) electrons. The Kier molecular flexibility index (Phi) is 11.5. The van der Waals surface area contributed by atoms with Crippen LogP contribution in [0, 0.1) is 0 Å². The lowest BCUT2D eigenvalue weighted by atomic mass is 10.0. The molecule has 1 fully saturated rings. The Bertz CT molecular complexity index is 1190. The van der Waals surface area contributed by atoms with E-state index in [1.54, 1.807) is 6.20 Å². The summed E-state index contributed by atoms with van der Waals surface area (Å²) in [6.45, 7) is 1.15. The molecule has 1 aromatic heterocycles. The van der Waals surface area contributed by atoms with Crippen molar-refractivity contribution in [1.29, 1.82) is 0 Å². The summed E-state index contributed by atoms with van der Waals surface area (Å²) < 4.78 is 0. The van der Waals surface area contributed by atoms with E-state index in [9.17, 15) is 29.1 Å². The normalized spacial score (nSPS) is 17.1. The first-order valence-corrected chi connectivity index (χ1v) is 13.6. The van der Waals surface area contributed by atoms with Gasteiger partial charge in [-0.1, -0.05) is 18.2 Å². The monoisotopic (exact) mass is 557 g/mol. The molecule has 3 rings (SSSR count). The highest BCUT2D eigenvalue weighted by Crippen LogP contribution is 2.19. The number of primary amides is 1. The maximum atomic E-state index is 13.5. The number of aliphatic carboxylic acids is 1. The van der Waals surface area contributed by atoms with Crippen LogP contribution in [0.15, 0.2) is 30.5 Å². The Labute approximate surface area is 232 Å². The van der Waals surface area contributed by atoms with Crippen LogP contribution in [-0.2, 0) is 30.4 Å². The summed E-state index contributed by atoms with van der Waals surface area (Å²) in [4.78, 5) is 65.8. The molecular formula is C27H39N7O6. The molecule has 4 atom stereocenters. The number of carbonyl (C=O) groups is 5. The second-order valence-corrected chi connectivity index (χ2v) is 10.0. The highest BCUT2D eigenvalue weighted by Gasteiger charge is 2.32. The SMILES string of the molecule is NCCCCC(NC(=O)C1CCCN1)C(=O)NC(Cc1c[nH]c2ccccc12)C(=O)NC(CCC(N)=O)C(=O)O. The molecule has 40 heavy (non-hydrogen) atoms. The van der Waals surface area contributed by atoms with Crippen LogP contribution < -0.4 is 32.7 Å². The van der Waals surface area contributed by atoms with Gasteiger partial charge in [0.05, 0.1) is 6.04 Å². The number of H-pyrrole nitrogens is 1. The van der Waals surface area contributed by atoms with Crippen molar-refractivity contribution in [3.05, 3.63) is 36.0 Å². The van der Waals surface area contributed by atoms with Crippen LogP contribution >= 0.6 is 0 Å². The summed E-state index contributed by atoms with van der Waals surface area (Å²) in [5, 5.41) is 21.5. The third-order valence-electron chi connectivity index (χ3n) is 6.98. The molecule has 0 spiro atoms. The molecule has 10 N–H and O–H groups in total. The Morgan fingerprint density at radius 2 is 1.70 bits per heavy atom. The minimum atomic E-state index is -1.38. The van der Waals surface area contributed by atoms with E-state index in [0.29, 0.717) is 32.2 Å². The number of para-hydroxylation sites is 1. The van der Waals surface area contributed by atoms with Crippen molar-refractivity contribution in [2.45, 2.75) is 75.5 Å². The van der Waals surface area contributed by atoms with E-state index in [-0.39, 0.29) is 25.2 Å². The van der Waals surface area contributed by atoms with Crippen molar-refractivity contribution in [2.75, 3.05) is 13.1 Å². The van der Waals surface area contributed by atoms with Crippen LogP contribution in [0.1, 0.15) is 50.5 Å². The first-order chi connectivity index (χ1) is 19.2. The molecule has 4 amide bonds. The fourth-order valence-corrected chi connectivity index (χ4v) is 4.76. The molecule has 218 valence electrons. The zero-order chi connectivity index (χ0) is 29.1. The van der Waals surface area contributed by atoms with E-state index in [0.717, 1.165) is 29.4 Å². The summed E-state index contributed by atoms with van der Waals surface area (Å²) in [6.07, 6.45) is 4.42. The van der Waals surface area contributed by atoms with Crippen molar-refractivity contribution in [1.82, 2.24) is 26.3 Å². The molecular weight excluding hydrogens is 518 g/mol. The topological polar surface area (TPSA) is 222 Å². The van der Waals surface area contributed by atoms with Gasteiger partial charge in [0.25, 0.3) is 0 Å². The second-order valence-electron chi connectivity index (χ2n) is 10.0.